The molecule has 0 spiro atoms. The van der Waals surface area contributed by atoms with Crippen molar-refractivity contribution >= 4 is 29.1 Å². The summed E-state index contributed by atoms with van der Waals surface area (Å²) in [5.74, 6) is 2.21. The number of hydrogen-bond donors (Lipinski definition) is 2. The molecule has 1 aliphatic carbocycles. The number of piperidine rings is 1. The fraction of sp³-hybridized carbons (Fsp3) is 0.414. The number of para-hydroxylation sites is 1. The topological polar surface area (TPSA) is 62.3 Å². The number of nitrogens with one attached hydrogen (secondary N) is 2. The third-order valence-corrected chi connectivity index (χ3v) is 7.83. The maximum absolute atomic E-state index is 13.5. The quantitative estimate of drug-likeness (QED) is 0.342. The van der Waals surface area contributed by atoms with Gasteiger partial charge in [-0.2, -0.15) is 9.97 Å². The summed E-state index contributed by atoms with van der Waals surface area (Å²) in [7, 11) is 0. The van der Waals surface area contributed by atoms with Gasteiger partial charge in [0.1, 0.15) is 17.4 Å². The van der Waals surface area contributed by atoms with Crippen molar-refractivity contribution in [2.24, 2.45) is 0 Å². The number of ether oxygens (including phenoxy) is 1. The number of anilines is 2. The van der Waals surface area contributed by atoms with Gasteiger partial charge in [0, 0.05) is 30.6 Å². The smallest absolute Gasteiger partial charge is 0.234 e. The van der Waals surface area contributed by atoms with Gasteiger partial charge in [-0.1, -0.05) is 43.2 Å². The van der Waals surface area contributed by atoms with E-state index in [0.717, 1.165) is 56.5 Å². The molecule has 1 saturated heterocycles. The van der Waals surface area contributed by atoms with Crippen molar-refractivity contribution in [3.63, 3.8) is 0 Å². The van der Waals surface area contributed by atoms with Crippen LogP contribution in [0.1, 0.15) is 57.4 Å². The molecular formula is C29H34FN5OS. The van der Waals surface area contributed by atoms with Gasteiger partial charge in [0.05, 0.1) is 0 Å². The van der Waals surface area contributed by atoms with Crippen LogP contribution in [0.5, 0.6) is 11.6 Å². The lowest BCUT2D eigenvalue weighted by Gasteiger charge is -2.34. The molecule has 0 amide bonds. The minimum atomic E-state index is -0.212. The van der Waals surface area contributed by atoms with E-state index >= 15 is 0 Å². The van der Waals surface area contributed by atoms with Crippen LogP contribution >= 0.6 is 12.2 Å². The molecule has 1 aliphatic heterocycles. The maximum atomic E-state index is 13.5. The van der Waals surface area contributed by atoms with E-state index in [4.69, 9.17) is 21.9 Å². The molecule has 0 radical (unpaired) electrons. The molecule has 6 nitrogen and oxygen atoms in total. The van der Waals surface area contributed by atoms with Gasteiger partial charge in [0.2, 0.25) is 11.8 Å². The minimum absolute atomic E-state index is 0.0625. The Morgan fingerprint density at radius 1 is 1.05 bits per heavy atom. The third kappa shape index (κ3) is 6.18. The fourth-order valence-corrected chi connectivity index (χ4v) is 5.70. The first-order chi connectivity index (χ1) is 18.0. The highest BCUT2D eigenvalue weighted by atomic mass is 32.1. The van der Waals surface area contributed by atoms with E-state index < -0.39 is 0 Å². The second-order valence-corrected chi connectivity index (χ2v) is 10.6. The standard InChI is InChI=1S/C29H34FN5OS/c1-21-9-5-8-18-35(21)25-19-26(36-24-10-3-2-4-11-24)33-27(32-25)34-28(37)31-20-29(16-6-7-17-29)22-12-14-23(30)15-13-22/h2-4,10-15,19,21H,5-9,16-18,20H2,1H3,(H2,31,32,33,34,37)/t21-/m0/s1. The highest BCUT2D eigenvalue weighted by Gasteiger charge is 2.35. The Balaban J connectivity index is 1.33. The van der Waals surface area contributed by atoms with Crippen LogP contribution < -0.4 is 20.3 Å². The Morgan fingerprint density at radius 2 is 1.81 bits per heavy atom. The van der Waals surface area contributed by atoms with Crippen LogP contribution in [-0.4, -0.2) is 34.2 Å². The number of thiocarbonyl (C=S) groups is 1. The van der Waals surface area contributed by atoms with Gasteiger partial charge in [0.25, 0.3) is 0 Å². The van der Waals surface area contributed by atoms with Gasteiger partial charge >= 0.3 is 0 Å². The Labute approximate surface area is 223 Å². The van der Waals surface area contributed by atoms with Crippen molar-refractivity contribution in [1.82, 2.24) is 15.3 Å². The van der Waals surface area contributed by atoms with Crippen molar-refractivity contribution in [3.8, 4) is 11.6 Å². The highest BCUT2D eigenvalue weighted by molar-refractivity contribution is 7.80. The second kappa shape index (κ2) is 11.4. The Kier molecular flexibility index (Phi) is 7.84. The van der Waals surface area contributed by atoms with Crippen molar-refractivity contribution in [2.45, 2.75) is 63.3 Å². The van der Waals surface area contributed by atoms with Crippen LogP contribution in [0.15, 0.2) is 60.7 Å². The Bertz CT molecular complexity index is 1200. The number of aromatic nitrogens is 2. The molecule has 2 aromatic carbocycles. The van der Waals surface area contributed by atoms with Crippen molar-refractivity contribution in [3.05, 3.63) is 72.0 Å². The van der Waals surface area contributed by atoms with E-state index in [1.807, 2.05) is 48.5 Å². The Morgan fingerprint density at radius 3 is 2.54 bits per heavy atom. The lowest BCUT2D eigenvalue weighted by molar-refractivity contribution is 0.434. The molecule has 0 unspecified atom stereocenters. The lowest BCUT2D eigenvalue weighted by Crippen LogP contribution is -2.41. The maximum Gasteiger partial charge on any atom is 0.234 e. The van der Waals surface area contributed by atoms with Crippen LogP contribution in [0.3, 0.4) is 0 Å². The molecule has 0 bridgehead atoms. The summed E-state index contributed by atoms with van der Waals surface area (Å²) in [6.45, 7) is 3.85. The summed E-state index contributed by atoms with van der Waals surface area (Å²) >= 11 is 5.67. The molecule has 5 rings (SSSR count). The average molecular weight is 520 g/mol. The fourth-order valence-electron chi connectivity index (χ4n) is 5.53. The number of benzene rings is 2. The molecule has 2 heterocycles. The van der Waals surface area contributed by atoms with E-state index in [1.54, 1.807) is 12.1 Å². The van der Waals surface area contributed by atoms with Crippen LogP contribution in [0, 0.1) is 5.82 Å². The van der Waals surface area contributed by atoms with E-state index in [-0.39, 0.29) is 11.2 Å². The predicted octanol–water partition coefficient (Wildman–Crippen LogP) is 6.59. The van der Waals surface area contributed by atoms with E-state index in [9.17, 15) is 4.39 Å². The molecule has 1 saturated carbocycles. The molecule has 8 heteroatoms. The zero-order chi connectivity index (χ0) is 25.7. The van der Waals surface area contributed by atoms with Gasteiger partial charge in [0.15, 0.2) is 5.11 Å². The first-order valence-corrected chi connectivity index (χ1v) is 13.6. The van der Waals surface area contributed by atoms with Gasteiger partial charge in [-0.3, -0.25) is 0 Å². The zero-order valence-corrected chi connectivity index (χ0v) is 22.1. The lowest BCUT2D eigenvalue weighted by atomic mass is 9.79. The van der Waals surface area contributed by atoms with Crippen LogP contribution in [0.25, 0.3) is 0 Å². The summed E-state index contributed by atoms with van der Waals surface area (Å²) in [6, 6.07) is 18.8. The summed E-state index contributed by atoms with van der Waals surface area (Å²) in [6.07, 6.45) is 7.89. The average Bonchev–Trinajstić information content (AvgIpc) is 3.39. The Hall–Kier alpha value is -3.26. The van der Waals surface area contributed by atoms with Gasteiger partial charge < -0.3 is 20.3 Å². The number of halogens is 1. The molecular weight excluding hydrogens is 485 g/mol. The first-order valence-electron chi connectivity index (χ1n) is 13.2. The van der Waals surface area contributed by atoms with Crippen LogP contribution in [0.2, 0.25) is 0 Å². The van der Waals surface area contributed by atoms with Crippen molar-refractivity contribution in [1.29, 1.82) is 0 Å². The summed E-state index contributed by atoms with van der Waals surface area (Å²) in [5.41, 5.74) is 1.09. The van der Waals surface area contributed by atoms with Gasteiger partial charge in [-0.25, -0.2) is 4.39 Å². The summed E-state index contributed by atoms with van der Waals surface area (Å²) in [4.78, 5) is 11.7. The molecule has 2 fully saturated rings. The molecule has 2 aliphatic rings. The largest absolute Gasteiger partial charge is 0.439 e. The van der Waals surface area contributed by atoms with Crippen LogP contribution in [0.4, 0.5) is 16.2 Å². The van der Waals surface area contributed by atoms with E-state index in [1.165, 1.54) is 6.42 Å². The third-order valence-electron chi connectivity index (χ3n) is 7.58. The molecule has 2 N–H and O–H groups in total. The number of rotatable bonds is 7. The van der Waals surface area contributed by atoms with Gasteiger partial charge in [-0.15, -0.1) is 0 Å². The normalized spacial score (nSPS) is 18.9. The van der Waals surface area contributed by atoms with Gasteiger partial charge in [-0.05, 0) is 81.1 Å². The monoisotopic (exact) mass is 519 g/mol. The minimum Gasteiger partial charge on any atom is -0.439 e. The second-order valence-electron chi connectivity index (χ2n) is 10.1. The highest BCUT2D eigenvalue weighted by Crippen LogP contribution is 2.40. The predicted molar refractivity (Wildman–Crippen MR) is 150 cm³/mol. The summed E-state index contributed by atoms with van der Waals surface area (Å²) < 4.78 is 19.6. The van der Waals surface area contributed by atoms with Crippen LogP contribution in [-0.2, 0) is 5.41 Å². The molecule has 1 atom stereocenters. The van der Waals surface area contributed by atoms with E-state index in [2.05, 4.69) is 27.4 Å². The zero-order valence-electron chi connectivity index (χ0n) is 21.3. The molecule has 1 aromatic heterocycles. The SMILES string of the molecule is C[C@H]1CCCCN1c1cc(Oc2ccccc2)nc(NC(=S)NCC2(c3ccc(F)cc3)CCCC2)n1. The van der Waals surface area contributed by atoms with Crippen molar-refractivity contribution < 1.29 is 9.13 Å². The molecule has 3 aromatic rings. The first kappa shape index (κ1) is 25.4. The number of hydrogen-bond acceptors (Lipinski definition) is 5. The van der Waals surface area contributed by atoms with Crippen molar-refractivity contribution in [2.75, 3.05) is 23.3 Å². The van der Waals surface area contributed by atoms with E-state index in [0.29, 0.717) is 35.3 Å². The molecule has 37 heavy (non-hydrogen) atoms. The molecule has 194 valence electrons. The summed E-state index contributed by atoms with van der Waals surface area (Å²) in [5, 5.41) is 7.05. The number of nitrogens with zero attached hydrogens (tertiary/aromatic N) is 3.